The lowest BCUT2D eigenvalue weighted by Crippen LogP contribution is -2.78. The fourth-order valence-electron chi connectivity index (χ4n) is 17.5. The van der Waals surface area contributed by atoms with Crippen LogP contribution in [0.25, 0.3) is 134 Å². The third-order valence-electron chi connectivity index (χ3n) is 22.6. The highest BCUT2D eigenvalue weighted by Gasteiger charge is 2.47. The molecule has 0 amide bonds. The number of benzene rings is 17. The third kappa shape index (κ3) is 11.8. The summed E-state index contributed by atoms with van der Waals surface area (Å²) in [5, 5.41) is 14.1. The first-order valence-electron chi connectivity index (χ1n) is 38.4. The van der Waals surface area contributed by atoms with Crippen LogP contribution in [-0.4, -0.2) is 40.2 Å². The molecule has 0 N–H and O–H groups in total. The van der Waals surface area contributed by atoms with Crippen LogP contribution in [0.3, 0.4) is 0 Å². The monoisotopic (exact) mass is 1460 g/mol. The molecule has 3 aromatic heterocycles. The molecular weight excluding hydrogens is 1390 g/mol. The second-order valence-electron chi connectivity index (χ2n) is 29.0. The molecule has 112 heavy (non-hydrogen) atoms. The van der Waals surface area contributed by atoms with Gasteiger partial charge in [0.2, 0.25) is 11.9 Å². The molecule has 0 atom stereocenters. The smallest absolute Gasteiger partial charge is 0.240 e. The van der Waals surface area contributed by atoms with Gasteiger partial charge in [-0.15, -0.1) is 0 Å². The topological polar surface area (TPSA) is 48.5 Å². The molecule has 0 saturated carbocycles. The molecule has 20 rings (SSSR count). The number of rotatable bonds is 17. The van der Waals surface area contributed by atoms with E-state index in [1.807, 2.05) is 0 Å². The number of aromatic nitrogens is 5. The molecule has 0 saturated heterocycles. The van der Waals surface area contributed by atoms with E-state index in [0.717, 1.165) is 126 Å². The number of nitrogens with zero attached hydrogens (tertiary/aromatic N) is 5. The van der Waals surface area contributed by atoms with Gasteiger partial charge < -0.3 is 0 Å². The van der Waals surface area contributed by atoms with E-state index >= 15 is 0 Å². The molecule has 0 aliphatic carbocycles. The molecule has 20 aromatic rings. The fraction of sp³-hybridized carbons (Fsp3) is 0. The average Bonchev–Trinajstić information content (AvgIpc) is 1.45. The van der Waals surface area contributed by atoms with Crippen LogP contribution in [0.1, 0.15) is 0 Å². The van der Waals surface area contributed by atoms with Crippen LogP contribution in [-0.2, 0) is 0 Å². The Kier molecular flexibility index (Phi) is 17.2. The standard InChI is InChI=1S/C105H73N5Si2/c1-7-33-74(34-8-1)80-45-27-51-87(65-80)111(88-52-28-46-81(66-88)75-35-9-2-10-36-75,89-53-29-47-82(67-89)76-37-11-3-12-38-76)93-71-86(103-106-104(109-99-61-23-19-57-95(99)96-58-20-24-62-100(96)109)108-105(107-103)110-101-63-25-21-59-97(101)98-60-22-26-64-102(98)110)72-94(73-93)112(90-54-30-48-83(68-90)77-39-13-4-14-40-77,91-55-31-49-84(69-91)78-41-15-5-16-42-78)92-56-32-50-85(70-92)79-43-17-6-18-44-79/h1-73H. The zero-order valence-electron chi connectivity index (χ0n) is 61.4. The van der Waals surface area contributed by atoms with E-state index in [9.17, 15) is 0 Å². The van der Waals surface area contributed by atoms with Gasteiger partial charge in [0.25, 0.3) is 0 Å². The first kappa shape index (κ1) is 67.2. The quantitative estimate of drug-likeness (QED) is 0.0674. The Balaban J connectivity index is 1.01. The second-order valence-corrected chi connectivity index (χ2v) is 36.6. The van der Waals surface area contributed by atoms with Crippen LogP contribution < -0.4 is 41.5 Å². The summed E-state index contributed by atoms with van der Waals surface area (Å²) in [5.41, 5.74) is 18.4. The van der Waals surface area contributed by atoms with Gasteiger partial charge in [-0.3, -0.25) is 9.13 Å². The number of para-hydroxylation sites is 4. The Bertz CT molecular complexity index is 5970. The summed E-state index contributed by atoms with van der Waals surface area (Å²) in [6.07, 6.45) is 0. The third-order valence-corrected chi connectivity index (χ3v) is 32.0. The van der Waals surface area contributed by atoms with Crippen LogP contribution in [0.4, 0.5) is 0 Å². The predicted molar refractivity (Wildman–Crippen MR) is 474 cm³/mol. The number of fused-ring (bicyclic) bond motifs is 6. The van der Waals surface area contributed by atoms with Crippen LogP contribution in [0.2, 0.25) is 0 Å². The summed E-state index contributed by atoms with van der Waals surface area (Å²) in [6, 6.07) is 165. The molecule has 526 valence electrons. The highest BCUT2D eigenvalue weighted by molar-refractivity contribution is 7.22. The maximum absolute atomic E-state index is 6.08. The molecule has 0 radical (unpaired) electrons. The van der Waals surface area contributed by atoms with Gasteiger partial charge in [0, 0.05) is 27.1 Å². The lowest BCUT2D eigenvalue weighted by Gasteiger charge is -2.39. The van der Waals surface area contributed by atoms with Crippen molar-refractivity contribution in [1.82, 2.24) is 24.1 Å². The first-order chi connectivity index (χ1) is 55.5. The molecule has 0 aliphatic rings. The molecule has 0 bridgehead atoms. The summed E-state index contributed by atoms with van der Waals surface area (Å²) in [4.78, 5) is 18.0. The summed E-state index contributed by atoms with van der Waals surface area (Å²) in [6.45, 7) is 0. The summed E-state index contributed by atoms with van der Waals surface area (Å²) in [7, 11) is -7.80. The Morgan fingerprint density at radius 1 is 0.152 bits per heavy atom. The highest BCUT2D eigenvalue weighted by Crippen LogP contribution is 2.37. The van der Waals surface area contributed by atoms with Gasteiger partial charge in [-0.05, 0) is 133 Å². The lowest BCUT2D eigenvalue weighted by molar-refractivity contribution is 0.893. The summed E-state index contributed by atoms with van der Waals surface area (Å²) in [5.74, 6) is 1.53. The van der Waals surface area contributed by atoms with Gasteiger partial charge in [-0.2, -0.15) is 15.0 Å². The number of hydrogen-bond acceptors (Lipinski definition) is 3. The van der Waals surface area contributed by atoms with Gasteiger partial charge in [0.05, 0.1) is 22.1 Å². The molecule has 7 heteroatoms. The van der Waals surface area contributed by atoms with E-state index in [4.69, 9.17) is 15.0 Å². The van der Waals surface area contributed by atoms with Gasteiger partial charge in [-0.25, -0.2) is 0 Å². The minimum absolute atomic E-state index is 0.501. The minimum atomic E-state index is -3.90. The molecule has 3 heterocycles. The van der Waals surface area contributed by atoms with Gasteiger partial charge in [0.1, 0.15) is 0 Å². The largest absolute Gasteiger partial charge is 0.278 e. The normalized spacial score (nSPS) is 11.8. The summed E-state index contributed by atoms with van der Waals surface area (Å²) < 4.78 is 4.52. The van der Waals surface area contributed by atoms with Crippen molar-refractivity contribution in [1.29, 1.82) is 0 Å². The fourth-order valence-corrected chi connectivity index (χ4v) is 27.5. The van der Waals surface area contributed by atoms with Gasteiger partial charge in [-0.1, -0.05) is 419 Å². The zero-order chi connectivity index (χ0) is 74.4. The highest BCUT2D eigenvalue weighted by atomic mass is 28.3. The van der Waals surface area contributed by atoms with Crippen LogP contribution in [0.5, 0.6) is 0 Å². The zero-order valence-corrected chi connectivity index (χ0v) is 63.4. The Labute approximate surface area is 653 Å². The molecule has 17 aromatic carbocycles. The van der Waals surface area contributed by atoms with Crippen molar-refractivity contribution >= 4 is 101 Å². The predicted octanol–water partition coefficient (Wildman–Crippen LogP) is 20.5. The van der Waals surface area contributed by atoms with Gasteiger partial charge in [0.15, 0.2) is 22.0 Å². The summed E-state index contributed by atoms with van der Waals surface area (Å²) >= 11 is 0. The van der Waals surface area contributed by atoms with Crippen molar-refractivity contribution in [3.8, 4) is 90.0 Å². The van der Waals surface area contributed by atoms with Crippen molar-refractivity contribution in [2.75, 3.05) is 0 Å². The molecular formula is C105H73N5Si2. The van der Waals surface area contributed by atoms with Crippen molar-refractivity contribution in [3.63, 3.8) is 0 Å². The minimum Gasteiger partial charge on any atom is -0.278 e. The number of hydrogen-bond donors (Lipinski definition) is 0. The molecule has 0 aliphatic heterocycles. The average molecular weight is 1460 g/mol. The molecule has 0 fully saturated rings. The van der Waals surface area contributed by atoms with Crippen molar-refractivity contribution in [2.45, 2.75) is 0 Å². The lowest BCUT2D eigenvalue weighted by atomic mass is 10.1. The molecule has 0 unspecified atom stereocenters. The van der Waals surface area contributed by atoms with Crippen LogP contribution in [0, 0.1) is 0 Å². The maximum atomic E-state index is 6.08. The van der Waals surface area contributed by atoms with E-state index in [0.29, 0.717) is 17.7 Å². The van der Waals surface area contributed by atoms with E-state index < -0.39 is 16.1 Å². The SMILES string of the molecule is c1ccc(-c2cccc([Si](c3cccc(-c4ccccc4)c3)(c3cccc(-c4ccccc4)c3)c3cc(-c4nc(-n5c6ccccc6c6ccccc65)nc(-n5c6ccccc6c6ccccc65)n4)cc([Si](c4cccc(-c5ccccc5)c4)(c4cccc(-c5ccccc5)c4)c4cccc(-c5ccccc5)c4)c3)c2)cc1. The van der Waals surface area contributed by atoms with Crippen molar-refractivity contribution < 1.29 is 0 Å². The second kappa shape index (κ2) is 28.7. The van der Waals surface area contributed by atoms with E-state index in [1.165, 1.54) is 31.1 Å². The van der Waals surface area contributed by atoms with E-state index in [1.54, 1.807) is 0 Å². The first-order valence-corrected chi connectivity index (χ1v) is 42.4. The Morgan fingerprint density at radius 3 is 0.580 bits per heavy atom. The van der Waals surface area contributed by atoms with Crippen LogP contribution >= 0.6 is 0 Å². The Morgan fingerprint density at radius 2 is 0.348 bits per heavy atom. The molecule has 5 nitrogen and oxygen atoms in total. The van der Waals surface area contributed by atoms with E-state index in [2.05, 4.69) is 452 Å². The van der Waals surface area contributed by atoms with E-state index in [-0.39, 0.29) is 0 Å². The Hall–Kier alpha value is -14.2. The van der Waals surface area contributed by atoms with Gasteiger partial charge >= 0.3 is 0 Å². The van der Waals surface area contributed by atoms with Crippen LogP contribution in [0.15, 0.2) is 443 Å². The molecule has 0 spiro atoms. The van der Waals surface area contributed by atoms with Crippen molar-refractivity contribution in [2.24, 2.45) is 0 Å². The maximum Gasteiger partial charge on any atom is 0.240 e. The van der Waals surface area contributed by atoms with Crippen molar-refractivity contribution in [3.05, 3.63) is 443 Å².